The van der Waals surface area contributed by atoms with Crippen LogP contribution in [-0.2, 0) is 0 Å². The standard InChI is InChI=1S/C22H28ClN5O2S/c1-26(17-5-3-2-4-6-17)20(29)18-8-7-16(15-19(18)23)25-21(30)27-10-12-28(13-11-27)22-24-9-14-31-22/h7-9,14-15,17H,2-6,10-13H2,1H3,(H,25,30). The Bertz CT molecular complexity index is 909. The average Bonchev–Trinajstić information content (AvgIpc) is 3.34. The summed E-state index contributed by atoms with van der Waals surface area (Å²) < 4.78 is 0. The second kappa shape index (κ2) is 9.87. The fourth-order valence-corrected chi connectivity index (χ4v) is 5.22. The van der Waals surface area contributed by atoms with Crippen LogP contribution in [0.25, 0.3) is 0 Å². The molecule has 1 saturated carbocycles. The highest BCUT2D eigenvalue weighted by Gasteiger charge is 2.25. The molecule has 1 N–H and O–H groups in total. The number of urea groups is 1. The molecule has 1 aliphatic heterocycles. The molecule has 2 aromatic rings. The second-order valence-electron chi connectivity index (χ2n) is 8.12. The van der Waals surface area contributed by atoms with Gasteiger partial charge in [-0.2, -0.15) is 0 Å². The SMILES string of the molecule is CN(C(=O)c1ccc(NC(=O)N2CCN(c3nccs3)CC2)cc1Cl)C1CCCCC1. The number of nitrogens with one attached hydrogen (secondary N) is 1. The molecule has 2 heterocycles. The van der Waals surface area contributed by atoms with Crippen LogP contribution < -0.4 is 10.2 Å². The van der Waals surface area contributed by atoms with Crippen LogP contribution in [0.15, 0.2) is 29.8 Å². The zero-order valence-electron chi connectivity index (χ0n) is 17.7. The van der Waals surface area contributed by atoms with Crippen molar-refractivity contribution in [3.05, 3.63) is 40.4 Å². The monoisotopic (exact) mass is 461 g/mol. The first-order valence-corrected chi connectivity index (χ1v) is 12.1. The number of thiazole rings is 1. The van der Waals surface area contributed by atoms with Crippen LogP contribution in [0, 0.1) is 0 Å². The fraction of sp³-hybridized carbons (Fsp3) is 0.500. The fourth-order valence-electron chi connectivity index (χ4n) is 4.27. The van der Waals surface area contributed by atoms with Crippen molar-refractivity contribution < 1.29 is 9.59 Å². The van der Waals surface area contributed by atoms with E-state index in [4.69, 9.17) is 11.6 Å². The molecule has 2 fully saturated rings. The molecule has 3 amide bonds. The lowest BCUT2D eigenvalue weighted by Gasteiger charge is -2.34. The van der Waals surface area contributed by atoms with E-state index in [1.165, 1.54) is 19.3 Å². The number of anilines is 2. The van der Waals surface area contributed by atoms with Crippen molar-refractivity contribution in [2.75, 3.05) is 43.4 Å². The lowest BCUT2D eigenvalue weighted by atomic mass is 9.94. The Morgan fingerprint density at radius 2 is 1.90 bits per heavy atom. The summed E-state index contributed by atoms with van der Waals surface area (Å²) in [6.45, 7) is 2.76. The minimum Gasteiger partial charge on any atom is -0.345 e. The number of amides is 3. The van der Waals surface area contributed by atoms with Gasteiger partial charge in [0.15, 0.2) is 5.13 Å². The van der Waals surface area contributed by atoms with Crippen LogP contribution in [0.4, 0.5) is 15.6 Å². The minimum atomic E-state index is -0.159. The van der Waals surface area contributed by atoms with Gasteiger partial charge in [0.05, 0.1) is 10.6 Å². The van der Waals surface area contributed by atoms with Gasteiger partial charge < -0.3 is 20.0 Å². The number of aromatic nitrogens is 1. The molecule has 0 bridgehead atoms. The van der Waals surface area contributed by atoms with Gasteiger partial charge in [0.2, 0.25) is 0 Å². The predicted molar refractivity (Wildman–Crippen MR) is 125 cm³/mol. The van der Waals surface area contributed by atoms with Crippen molar-refractivity contribution in [1.29, 1.82) is 0 Å². The van der Waals surface area contributed by atoms with Crippen molar-refractivity contribution in [3.8, 4) is 0 Å². The van der Waals surface area contributed by atoms with E-state index in [-0.39, 0.29) is 18.0 Å². The Morgan fingerprint density at radius 1 is 1.16 bits per heavy atom. The van der Waals surface area contributed by atoms with Crippen LogP contribution in [-0.4, -0.2) is 66.0 Å². The van der Waals surface area contributed by atoms with Gasteiger partial charge in [-0.05, 0) is 31.0 Å². The number of nitrogens with zero attached hydrogens (tertiary/aromatic N) is 4. The zero-order valence-corrected chi connectivity index (χ0v) is 19.3. The smallest absolute Gasteiger partial charge is 0.321 e. The molecule has 166 valence electrons. The lowest BCUT2D eigenvalue weighted by molar-refractivity contribution is 0.0696. The summed E-state index contributed by atoms with van der Waals surface area (Å²) in [5, 5.41) is 6.22. The number of halogens is 1. The molecule has 7 nitrogen and oxygen atoms in total. The summed E-state index contributed by atoms with van der Waals surface area (Å²) in [6, 6.07) is 5.23. The molecular weight excluding hydrogens is 434 g/mol. The first kappa shape index (κ1) is 21.9. The molecule has 1 saturated heterocycles. The van der Waals surface area contributed by atoms with E-state index in [0.29, 0.717) is 29.4 Å². The highest BCUT2D eigenvalue weighted by molar-refractivity contribution is 7.13. The summed E-state index contributed by atoms with van der Waals surface area (Å²) in [5.41, 5.74) is 1.07. The van der Waals surface area contributed by atoms with Gasteiger partial charge in [-0.25, -0.2) is 9.78 Å². The Hall–Kier alpha value is -2.32. The molecule has 4 rings (SSSR count). The largest absolute Gasteiger partial charge is 0.345 e. The normalized spacial score (nSPS) is 17.5. The first-order chi connectivity index (χ1) is 15.0. The van der Waals surface area contributed by atoms with Gasteiger partial charge in [-0.1, -0.05) is 30.9 Å². The third-order valence-electron chi connectivity index (χ3n) is 6.15. The highest BCUT2D eigenvalue weighted by atomic mass is 35.5. The number of carbonyl (C=O) groups is 2. The van der Waals surface area contributed by atoms with Gasteiger partial charge >= 0.3 is 6.03 Å². The van der Waals surface area contributed by atoms with E-state index >= 15 is 0 Å². The van der Waals surface area contributed by atoms with Crippen molar-refractivity contribution in [1.82, 2.24) is 14.8 Å². The molecule has 1 aromatic heterocycles. The molecule has 1 aromatic carbocycles. The predicted octanol–water partition coefficient (Wildman–Crippen LogP) is 4.56. The molecule has 0 atom stereocenters. The van der Waals surface area contributed by atoms with Gasteiger partial charge in [0, 0.05) is 56.5 Å². The van der Waals surface area contributed by atoms with Crippen LogP contribution in [0.2, 0.25) is 5.02 Å². The Morgan fingerprint density at radius 3 is 2.55 bits per heavy atom. The zero-order chi connectivity index (χ0) is 21.8. The molecular formula is C22H28ClN5O2S. The maximum atomic E-state index is 12.9. The van der Waals surface area contributed by atoms with Gasteiger partial charge in [-0.3, -0.25) is 4.79 Å². The number of benzene rings is 1. The summed E-state index contributed by atoms with van der Waals surface area (Å²) in [7, 11) is 1.86. The molecule has 0 radical (unpaired) electrons. The van der Waals surface area contributed by atoms with Crippen molar-refractivity contribution in [3.63, 3.8) is 0 Å². The third-order valence-corrected chi connectivity index (χ3v) is 7.30. The summed E-state index contributed by atoms with van der Waals surface area (Å²) in [6.07, 6.45) is 7.46. The second-order valence-corrected chi connectivity index (χ2v) is 9.40. The summed E-state index contributed by atoms with van der Waals surface area (Å²) in [4.78, 5) is 35.7. The van der Waals surface area contributed by atoms with E-state index in [1.54, 1.807) is 40.6 Å². The van der Waals surface area contributed by atoms with Crippen LogP contribution in [0.5, 0.6) is 0 Å². The summed E-state index contributed by atoms with van der Waals surface area (Å²) >= 11 is 8.04. The molecule has 1 aliphatic carbocycles. The molecule has 9 heteroatoms. The Kier molecular flexibility index (Phi) is 6.97. The van der Waals surface area contributed by atoms with Crippen molar-refractivity contribution in [2.45, 2.75) is 38.1 Å². The molecule has 31 heavy (non-hydrogen) atoms. The van der Waals surface area contributed by atoms with Gasteiger partial charge in [0.1, 0.15) is 0 Å². The quantitative estimate of drug-likeness (QED) is 0.724. The Labute approximate surface area is 192 Å². The number of rotatable bonds is 4. The van der Waals surface area contributed by atoms with E-state index in [0.717, 1.165) is 31.1 Å². The number of hydrogen-bond donors (Lipinski definition) is 1. The summed E-state index contributed by atoms with van der Waals surface area (Å²) in [5.74, 6) is -0.0620. The van der Waals surface area contributed by atoms with E-state index < -0.39 is 0 Å². The third kappa shape index (κ3) is 5.13. The molecule has 0 spiro atoms. The van der Waals surface area contributed by atoms with Crippen LogP contribution in [0.1, 0.15) is 42.5 Å². The van der Waals surface area contributed by atoms with Crippen molar-refractivity contribution >= 4 is 45.7 Å². The van der Waals surface area contributed by atoms with Gasteiger partial charge in [0.25, 0.3) is 5.91 Å². The molecule has 2 aliphatic rings. The van der Waals surface area contributed by atoms with E-state index in [1.807, 2.05) is 17.3 Å². The van der Waals surface area contributed by atoms with Crippen LogP contribution in [0.3, 0.4) is 0 Å². The Balaban J connectivity index is 1.33. The average molecular weight is 462 g/mol. The topological polar surface area (TPSA) is 68.8 Å². The molecule has 0 unspecified atom stereocenters. The number of piperazine rings is 1. The number of hydrogen-bond acceptors (Lipinski definition) is 5. The van der Waals surface area contributed by atoms with E-state index in [9.17, 15) is 9.59 Å². The van der Waals surface area contributed by atoms with E-state index in [2.05, 4.69) is 15.2 Å². The first-order valence-electron chi connectivity index (χ1n) is 10.8. The lowest BCUT2D eigenvalue weighted by Crippen LogP contribution is -2.50. The maximum Gasteiger partial charge on any atom is 0.321 e. The van der Waals surface area contributed by atoms with Gasteiger partial charge in [-0.15, -0.1) is 11.3 Å². The number of carbonyl (C=O) groups excluding carboxylic acids is 2. The maximum absolute atomic E-state index is 12.9. The van der Waals surface area contributed by atoms with Crippen LogP contribution >= 0.6 is 22.9 Å². The van der Waals surface area contributed by atoms with Crippen molar-refractivity contribution in [2.24, 2.45) is 0 Å². The minimum absolute atomic E-state index is 0.0620. The highest BCUT2D eigenvalue weighted by Crippen LogP contribution is 2.27.